The second-order valence-electron chi connectivity index (χ2n) is 6.83. The van der Waals surface area contributed by atoms with Crippen molar-refractivity contribution in [2.75, 3.05) is 6.54 Å². The normalized spacial score (nSPS) is 16.6. The molecule has 0 spiro atoms. The van der Waals surface area contributed by atoms with Gasteiger partial charge in [0.15, 0.2) is 0 Å². The van der Waals surface area contributed by atoms with Crippen molar-refractivity contribution >= 4 is 29.3 Å². The smallest absolute Gasteiger partial charge is 0.226 e. The molecule has 2 aromatic rings. The maximum atomic E-state index is 11.9. The predicted octanol–water partition coefficient (Wildman–Crippen LogP) is 5.93. The van der Waals surface area contributed by atoms with E-state index in [1.54, 1.807) is 0 Å². The minimum atomic E-state index is 0.308. The van der Waals surface area contributed by atoms with Gasteiger partial charge in [-0.3, -0.25) is 4.79 Å². The molecule has 138 valence electrons. The van der Waals surface area contributed by atoms with Crippen LogP contribution in [0.15, 0.2) is 54.6 Å². The Labute approximate surface area is 165 Å². The zero-order valence-electron chi connectivity index (χ0n) is 15.1. The second kappa shape index (κ2) is 10.0. The molecule has 2 nitrogen and oxygen atoms in total. The summed E-state index contributed by atoms with van der Waals surface area (Å²) in [5.74, 6) is 1.24. The van der Waals surface area contributed by atoms with Crippen LogP contribution in [0, 0.1) is 0 Å². The molecule has 1 atom stereocenters. The first kappa shape index (κ1) is 19.3. The third-order valence-corrected chi connectivity index (χ3v) is 6.39. The van der Waals surface area contributed by atoms with Gasteiger partial charge in [-0.05, 0) is 42.5 Å². The minimum absolute atomic E-state index is 0.308. The van der Waals surface area contributed by atoms with E-state index in [1.165, 1.54) is 30.4 Å². The molecule has 1 fully saturated rings. The van der Waals surface area contributed by atoms with E-state index < -0.39 is 0 Å². The van der Waals surface area contributed by atoms with E-state index in [9.17, 15) is 4.79 Å². The molecule has 0 N–H and O–H groups in total. The summed E-state index contributed by atoms with van der Waals surface area (Å²) < 4.78 is 0. The summed E-state index contributed by atoms with van der Waals surface area (Å²) in [5.41, 5.74) is 2.68. The summed E-state index contributed by atoms with van der Waals surface area (Å²) in [6, 6.07) is 18.6. The zero-order valence-corrected chi connectivity index (χ0v) is 16.6. The van der Waals surface area contributed by atoms with Crippen LogP contribution in [-0.4, -0.2) is 22.7 Å². The molecule has 1 aliphatic heterocycles. The largest absolute Gasteiger partial charge is 0.330 e. The third-order valence-electron chi connectivity index (χ3n) is 4.83. The first-order valence-electron chi connectivity index (χ1n) is 9.42. The Morgan fingerprint density at radius 3 is 2.38 bits per heavy atom. The van der Waals surface area contributed by atoms with Gasteiger partial charge in [-0.15, -0.1) is 11.8 Å². The summed E-state index contributed by atoms with van der Waals surface area (Å²) in [5, 5.41) is 1.12. The molecule has 0 aliphatic carbocycles. The van der Waals surface area contributed by atoms with Crippen molar-refractivity contribution in [1.82, 2.24) is 4.90 Å². The van der Waals surface area contributed by atoms with Gasteiger partial charge in [-0.25, -0.2) is 0 Å². The second-order valence-corrected chi connectivity index (χ2v) is 8.44. The Morgan fingerprint density at radius 1 is 0.923 bits per heavy atom. The average Bonchev–Trinajstić information content (AvgIpc) is 2.66. The highest BCUT2D eigenvalue weighted by molar-refractivity contribution is 7.99. The van der Waals surface area contributed by atoms with E-state index in [0.717, 1.165) is 30.2 Å². The quantitative estimate of drug-likeness (QED) is 0.371. The van der Waals surface area contributed by atoms with Gasteiger partial charge in [0.2, 0.25) is 5.91 Å². The van der Waals surface area contributed by atoms with Crippen LogP contribution >= 0.6 is 23.4 Å². The number of β-lactam (4-membered cyclic amide) rings is 1. The maximum Gasteiger partial charge on any atom is 0.226 e. The summed E-state index contributed by atoms with van der Waals surface area (Å²) in [4.78, 5) is 14.0. The van der Waals surface area contributed by atoms with Crippen molar-refractivity contribution in [2.24, 2.45) is 0 Å². The number of halogens is 1. The minimum Gasteiger partial charge on any atom is -0.330 e. The summed E-state index contributed by atoms with van der Waals surface area (Å²) in [6.45, 7) is 0.905. The van der Waals surface area contributed by atoms with Crippen molar-refractivity contribution in [3.05, 3.63) is 70.7 Å². The number of nitrogens with zero attached hydrogens (tertiary/aromatic N) is 1. The van der Waals surface area contributed by atoms with E-state index in [1.807, 2.05) is 23.9 Å². The van der Waals surface area contributed by atoms with Gasteiger partial charge in [0.1, 0.15) is 0 Å². The van der Waals surface area contributed by atoms with Crippen LogP contribution in [0.4, 0.5) is 0 Å². The van der Waals surface area contributed by atoms with Crippen LogP contribution in [-0.2, 0) is 17.0 Å². The fraction of sp³-hybridized carbons (Fsp3) is 0.409. The van der Waals surface area contributed by atoms with Crippen molar-refractivity contribution in [1.29, 1.82) is 0 Å². The molecule has 2 aromatic carbocycles. The molecule has 4 heteroatoms. The molecule has 1 aliphatic rings. The summed E-state index contributed by atoms with van der Waals surface area (Å²) in [6.07, 6.45) is 6.62. The number of likely N-dealkylation sites (tertiary alicyclic amines) is 1. The van der Waals surface area contributed by atoms with Gasteiger partial charge < -0.3 is 4.90 Å². The molecular weight excluding hydrogens is 362 g/mol. The highest BCUT2D eigenvalue weighted by atomic mass is 35.5. The van der Waals surface area contributed by atoms with Crippen molar-refractivity contribution in [2.45, 2.75) is 49.7 Å². The first-order valence-corrected chi connectivity index (χ1v) is 10.8. The van der Waals surface area contributed by atoms with Gasteiger partial charge in [-0.1, -0.05) is 66.9 Å². The highest BCUT2D eigenvalue weighted by Gasteiger charge is 2.35. The number of aryl methyl sites for hydroxylation is 1. The van der Waals surface area contributed by atoms with E-state index in [2.05, 4.69) is 47.4 Å². The monoisotopic (exact) mass is 387 g/mol. The Bertz CT molecular complexity index is 689. The zero-order chi connectivity index (χ0) is 18.2. The van der Waals surface area contributed by atoms with Gasteiger partial charge in [0, 0.05) is 17.3 Å². The van der Waals surface area contributed by atoms with E-state index in [4.69, 9.17) is 11.6 Å². The lowest BCUT2D eigenvalue weighted by Gasteiger charge is -2.40. The highest BCUT2D eigenvalue weighted by Crippen LogP contribution is 2.32. The number of thioether (sulfide) groups is 1. The number of benzene rings is 2. The van der Waals surface area contributed by atoms with E-state index in [0.29, 0.717) is 17.7 Å². The number of hydrogen-bond donors (Lipinski definition) is 0. The third kappa shape index (κ3) is 5.78. The standard InChI is InChI=1S/C22H26ClNOS/c23-20-13-11-19(12-14-20)17-26-22-16-21(25)24(22)15-7-2-1-4-8-18-9-5-3-6-10-18/h3,5-6,9-14,22H,1-2,4,7-8,15-17H2. The van der Waals surface area contributed by atoms with Gasteiger partial charge in [-0.2, -0.15) is 0 Å². The van der Waals surface area contributed by atoms with Crippen LogP contribution in [0.25, 0.3) is 0 Å². The van der Waals surface area contributed by atoms with Crippen LogP contribution in [0.5, 0.6) is 0 Å². The predicted molar refractivity (Wildman–Crippen MR) is 111 cm³/mol. The maximum absolute atomic E-state index is 11.9. The molecule has 1 unspecified atom stereocenters. The molecule has 0 bridgehead atoms. The van der Waals surface area contributed by atoms with Crippen LogP contribution < -0.4 is 0 Å². The lowest BCUT2D eigenvalue weighted by molar-refractivity contribution is -0.141. The fourth-order valence-corrected chi connectivity index (χ4v) is 4.59. The molecular formula is C22H26ClNOS. The number of carbonyl (C=O) groups is 1. The van der Waals surface area contributed by atoms with Gasteiger partial charge >= 0.3 is 0 Å². The van der Waals surface area contributed by atoms with Crippen molar-refractivity contribution in [3.63, 3.8) is 0 Å². The number of carbonyl (C=O) groups excluding carboxylic acids is 1. The molecule has 26 heavy (non-hydrogen) atoms. The molecule has 0 aromatic heterocycles. The number of unbranched alkanes of at least 4 members (excludes halogenated alkanes) is 3. The Morgan fingerprint density at radius 2 is 1.65 bits per heavy atom. The molecule has 1 saturated heterocycles. The number of hydrogen-bond acceptors (Lipinski definition) is 2. The Balaban J connectivity index is 1.29. The number of rotatable bonds is 10. The Kier molecular flexibility index (Phi) is 7.45. The Hall–Kier alpha value is -1.45. The fourth-order valence-electron chi connectivity index (χ4n) is 3.23. The lowest BCUT2D eigenvalue weighted by Crippen LogP contribution is -2.51. The molecule has 0 saturated carbocycles. The summed E-state index contributed by atoms with van der Waals surface area (Å²) in [7, 11) is 0. The van der Waals surface area contributed by atoms with Crippen molar-refractivity contribution in [3.8, 4) is 0 Å². The SMILES string of the molecule is O=C1CC(SCc2ccc(Cl)cc2)N1CCCCCCc1ccccc1. The average molecular weight is 388 g/mol. The lowest BCUT2D eigenvalue weighted by atomic mass is 10.1. The molecule has 3 rings (SSSR count). The van der Waals surface area contributed by atoms with Gasteiger partial charge in [0.25, 0.3) is 0 Å². The van der Waals surface area contributed by atoms with Crippen LogP contribution in [0.3, 0.4) is 0 Å². The van der Waals surface area contributed by atoms with Gasteiger partial charge in [0.05, 0.1) is 11.8 Å². The summed E-state index contributed by atoms with van der Waals surface area (Å²) >= 11 is 7.79. The van der Waals surface area contributed by atoms with Crippen molar-refractivity contribution < 1.29 is 4.79 Å². The topological polar surface area (TPSA) is 20.3 Å². The van der Waals surface area contributed by atoms with E-state index >= 15 is 0 Å². The van der Waals surface area contributed by atoms with E-state index in [-0.39, 0.29) is 0 Å². The van der Waals surface area contributed by atoms with Crippen LogP contribution in [0.1, 0.15) is 43.2 Å². The van der Waals surface area contributed by atoms with Crippen LogP contribution in [0.2, 0.25) is 5.02 Å². The number of amides is 1. The first-order chi connectivity index (χ1) is 12.7. The molecule has 1 amide bonds. The molecule has 0 radical (unpaired) electrons. The molecule has 1 heterocycles.